The van der Waals surface area contributed by atoms with Gasteiger partial charge in [-0.2, -0.15) is 0 Å². The zero-order chi connectivity index (χ0) is 18.1. The van der Waals surface area contributed by atoms with Crippen molar-refractivity contribution in [2.45, 2.75) is 24.4 Å². The summed E-state index contributed by atoms with van der Waals surface area (Å²) in [6, 6.07) is 4.01. The molecule has 7 nitrogen and oxygen atoms in total. The number of rotatable bonds is 3. The molecule has 3 N–H and O–H groups in total. The molecule has 0 spiro atoms. The number of nitrogens with zero attached hydrogens (tertiary/aromatic N) is 1. The molecule has 1 aromatic heterocycles. The van der Waals surface area contributed by atoms with E-state index in [4.69, 9.17) is 0 Å². The Morgan fingerprint density at radius 3 is 2.88 bits per heavy atom. The summed E-state index contributed by atoms with van der Waals surface area (Å²) in [7, 11) is 0. The number of H-pyrrole nitrogens is 1. The number of anilines is 2. The minimum absolute atomic E-state index is 0.0838. The van der Waals surface area contributed by atoms with Crippen LogP contribution in [-0.2, 0) is 9.59 Å². The lowest BCUT2D eigenvalue weighted by molar-refractivity contribution is -0.123. The summed E-state index contributed by atoms with van der Waals surface area (Å²) in [6.45, 7) is 1.72. The Balaban J connectivity index is 1.98. The number of thioether (sulfide) groups is 1. The fraction of sp³-hybridized carbons (Fsp3) is 0.250. The number of halogens is 1. The summed E-state index contributed by atoms with van der Waals surface area (Å²) in [5.41, 5.74) is 0.581. The lowest BCUT2D eigenvalue weighted by atomic mass is 9.92. The van der Waals surface area contributed by atoms with Gasteiger partial charge in [-0.3, -0.25) is 14.4 Å². The molecule has 0 saturated carbocycles. The predicted molar refractivity (Wildman–Crippen MR) is 92.4 cm³/mol. The quantitative estimate of drug-likeness (QED) is 0.572. The van der Waals surface area contributed by atoms with E-state index in [2.05, 4.69) is 20.6 Å². The van der Waals surface area contributed by atoms with Gasteiger partial charge in [-0.25, -0.2) is 9.37 Å². The monoisotopic (exact) mass is 362 g/mol. The molecule has 1 aliphatic rings. The summed E-state index contributed by atoms with van der Waals surface area (Å²) in [6.07, 6.45) is 1.54. The fourth-order valence-corrected chi connectivity index (χ4v) is 3.00. The van der Waals surface area contributed by atoms with E-state index in [1.54, 1.807) is 13.2 Å². The lowest BCUT2D eigenvalue weighted by Crippen LogP contribution is -2.36. The number of aromatic nitrogens is 2. The first-order valence-electron chi connectivity index (χ1n) is 7.44. The van der Waals surface area contributed by atoms with Gasteiger partial charge in [0.1, 0.15) is 11.6 Å². The van der Waals surface area contributed by atoms with Gasteiger partial charge in [0, 0.05) is 12.1 Å². The number of carbonyl (C=O) groups is 2. The lowest BCUT2D eigenvalue weighted by Gasteiger charge is -2.23. The molecule has 2 heterocycles. The minimum Gasteiger partial charge on any atom is -0.325 e. The Hall–Kier alpha value is -2.68. The molecule has 0 saturated heterocycles. The second kappa shape index (κ2) is 6.67. The van der Waals surface area contributed by atoms with Crippen LogP contribution in [0.2, 0.25) is 0 Å². The number of carbonyl (C=O) groups excluding carboxylic acids is 2. The first-order valence-corrected chi connectivity index (χ1v) is 8.66. The van der Waals surface area contributed by atoms with E-state index in [1.165, 1.54) is 30.0 Å². The molecule has 2 amide bonds. The van der Waals surface area contributed by atoms with Gasteiger partial charge in [0.2, 0.25) is 11.8 Å². The molecular weight excluding hydrogens is 347 g/mol. The number of benzene rings is 1. The highest BCUT2D eigenvalue weighted by Crippen LogP contribution is 2.30. The van der Waals surface area contributed by atoms with Crippen molar-refractivity contribution in [3.8, 4) is 0 Å². The molecule has 0 fully saturated rings. The van der Waals surface area contributed by atoms with E-state index in [0.717, 1.165) is 0 Å². The van der Waals surface area contributed by atoms with Crippen LogP contribution in [-0.4, -0.2) is 28.0 Å². The summed E-state index contributed by atoms with van der Waals surface area (Å²) in [5, 5.41) is 5.45. The zero-order valence-electron chi connectivity index (χ0n) is 13.5. The second-order valence-electron chi connectivity index (χ2n) is 5.59. The average Bonchev–Trinajstić information content (AvgIpc) is 2.56. The Bertz CT molecular complexity index is 928. The van der Waals surface area contributed by atoms with E-state index >= 15 is 0 Å². The highest BCUT2D eigenvalue weighted by Gasteiger charge is 2.34. The minimum atomic E-state index is -1.00. The van der Waals surface area contributed by atoms with E-state index in [1.807, 2.05) is 0 Å². The van der Waals surface area contributed by atoms with Crippen molar-refractivity contribution in [3.05, 3.63) is 45.5 Å². The third-order valence-corrected chi connectivity index (χ3v) is 4.48. The van der Waals surface area contributed by atoms with Gasteiger partial charge < -0.3 is 15.6 Å². The van der Waals surface area contributed by atoms with Gasteiger partial charge in [-0.1, -0.05) is 17.8 Å². The van der Waals surface area contributed by atoms with Crippen molar-refractivity contribution < 1.29 is 14.0 Å². The molecule has 0 aliphatic carbocycles. The van der Waals surface area contributed by atoms with Crippen LogP contribution in [0.4, 0.5) is 15.9 Å². The van der Waals surface area contributed by atoms with Crippen molar-refractivity contribution in [2.75, 3.05) is 16.9 Å². The number of hydrogen-bond acceptors (Lipinski definition) is 5. The topological polar surface area (TPSA) is 104 Å². The number of nitrogens with one attached hydrogen (secondary N) is 3. The highest BCUT2D eigenvalue weighted by atomic mass is 32.2. The Kier molecular flexibility index (Phi) is 4.58. The van der Waals surface area contributed by atoms with Crippen molar-refractivity contribution in [2.24, 2.45) is 0 Å². The number of aromatic amines is 1. The molecular formula is C16H15FN4O3S. The van der Waals surface area contributed by atoms with Gasteiger partial charge >= 0.3 is 0 Å². The fourth-order valence-electron chi connectivity index (χ4n) is 2.62. The first kappa shape index (κ1) is 17.2. The molecule has 130 valence electrons. The second-order valence-corrected chi connectivity index (χ2v) is 6.39. The molecule has 0 bridgehead atoms. The maximum atomic E-state index is 13.4. The molecule has 1 aliphatic heterocycles. The van der Waals surface area contributed by atoms with E-state index in [-0.39, 0.29) is 17.8 Å². The Labute approximate surface area is 146 Å². The molecule has 2 aromatic rings. The molecule has 9 heteroatoms. The average molecular weight is 362 g/mol. The molecule has 1 atom stereocenters. The summed E-state index contributed by atoms with van der Waals surface area (Å²) >= 11 is 1.21. The van der Waals surface area contributed by atoms with Crippen molar-refractivity contribution >= 4 is 35.1 Å². The highest BCUT2D eigenvalue weighted by molar-refractivity contribution is 7.98. The van der Waals surface area contributed by atoms with Crippen LogP contribution < -0.4 is 16.2 Å². The van der Waals surface area contributed by atoms with Crippen LogP contribution in [0.15, 0.2) is 28.2 Å². The first-order chi connectivity index (χ1) is 11.9. The summed E-state index contributed by atoms with van der Waals surface area (Å²) < 4.78 is 13.4. The summed E-state index contributed by atoms with van der Waals surface area (Å²) in [5.74, 6) is -2.38. The predicted octanol–water partition coefficient (Wildman–Crippen LogP) is 2.00. The van der Waals surface area contributed by atoms with Gasteiger partial charge in [-0.05, 0) is 30.9 Å². The zero-order valence-corrected chi connectivity index (χ0v) is 14.3. The molecule has 1 unspecified atom stereocenters. The number of amides is 2. The third-order valence-electron chi connectivity index (χ3n) is 3.90. The van der Waals surface area contributed by atoms with Gasteiger partial charge in [-0.15, -0.1) is 0 Å². The van der Waals surface area contributed by atoms with Crippen LogP contribution in [0.5, 0.6) is 0 Å². The van der Waals surface area contributed by atoms with Gasteiger partial charge in [0.25, 0.3) is 5.56 Å². The molecule has 0 radical (unpaired) electrons. The smallest absolute Gasteiger partial charge is 0.257 e. The molecule has 3 rings (SSSR count). The number of hydrogen-bond donors (Lipinski definition) is 3. The number of aryl methyl sites for hydroxylation is 1. The van der Waals surface area contributed by atoms with Crippen LogP contribution in [0.1, 0.15) is 23.5 Å². The van der Waals surface area contributed by atoms with Gasteiger partial charge in [0.05, 0.1) is 11.5 Å². The van der Waals surface area contributed by atoms with Crippen LogP contribution in [0.3, 0.4) is 0 Å². The molecule has 25 heavy (non-hydrogen) atoms. The largest absolute Gasteiger partial charge is 0.325 e. The maximum absolute atomic E-state index is 13.4. The Morgan fingerprint density at radius 1 is 1.40 bits per heavy atom. The van der Waals surface area contributed by atoms with Crippen LogP contribution in [0.25, 0.3) is 0 Å². The number of fused-ring (bicyclic) bond motifs is 1. The summed E-state index contributed by atoms with van der Waals surface area (Å²) in [4.78, 5) is 43.6. The van der Waals surface area contributed by atoms with E-state index < -0.39 is 29.1 Å². The van der Waals surface area contributed by atoms with E-state index in [0.29, 0.717) is 16.4 Å². The normalized spacial score (nSPS) is 16.1. The van der Waals surface area contributed by atoms with Crippen LogP contribution >= 0.6 is 11.8 Å². The van der Waals surface area contributed by atoms with Crippen molar-refractivity contribution in [3.63, 3.8) is 0 Å². The van der Waals surface area contributed by atoms with Crippen LogP contribution in [0, 0.1) is 12.7 Å². The maximum Gasteiger partial charge on any atom is 0.257 e. The molecule has 1 aromatic carbocycles. The van der Waals surface area contributed by atoms with Crippen molar-refractivity contribution in [1.29, 1.82) is 0 Å². The SMILES string of the molecule is CSc1nc2c(c(=O)[nH]1)C(C(=O)Nc1cc(F)ccc1C)CC(=O)N2. The standard InChI is InChI=1S/C16H15FN4O3S/c1-7-3-4-8(17)5-10(7)18-14(23)9-6-11(22)19-13-12(9)15(24)21-16(20-13)25-2/h3-5,9H,6H2,1-2H3,(H,18,23)(H2,19,20,21,22,24). The van der Waals surface area contributed by atoms with E-state index in [9.17, 15) is 18.8 Å². The van der Waals surface area contributed by atoms with Crippen molar-refractivity contribution in [1.82, 2.24) is 9.97 Å². The Morgan fingerprint density at radius 2 is 2.16 bits per heavy atom. The third kappa shape index (κ3) is 3.41. The van der Waals surface area contributed by atoms with Gasteiger partial charge in [0.15, 0.2) is 5.16 Å².